The van der Waals surface area contributed by atoms with Crippen molar-refractivity contribution in [3.63, 3.8) is 0 Å². The molecule has 0 fully saturated rings. The normalized spacial score (nSPS) is 11.2. The van der Waals surface area contributed by atoms with Crippen LogP contribution < -0.4 is 18.9 Å². The summed E-state index contributed by atoms with van der Waals surface area (Å²) in [5.41, 5.74) is 2.32. The zero-order valence-electron chi connectivity index (χ0n) is 53.5. The molecule has 4 aromatic carbocycles. The van der Waals surface area contributed by atoms with Gasteiger partial charge in [-0.3, -0.25) is 0 Å². The van der Waals surface area contributed by atoms with Gasteiger partial charge in [0.2, 0.25) is 0 Å². The van der Waals surface area contributed by atoms with Crippen molar-refractivity contribution in [3.8, 4) is 23.0 Å². The maximum Gasteiger partial charge on any atom is 0.119 e. The Morgan fingerprint density at radius 1 is 0.200 bits per heavy atom. The van der Waals surface area contributed by atoms with Gasteiger partial charge in [0.05, 0.1) is 238 Å². The van der Waals surface area contributed by atoms with Crippen LogP contribution in [0.2, 0.25) is 0 Å². The Bertz CT molecular complexity index is 1890. The number of hydrogen-bond donors (Lipinski definition) is 1. The summed E-state index contributed by atoms with van der Waals surface area (Å²) < 4.78 is 121. The first-order valence-corrected chi connectivity index (χ1v) is 31.6. The van der Waals surface area contributed by atoms with E-state index in [9.17, 15) is 0 Å². The van der Waals surface area contributed by atoms with Crippen LogP contribution in [-0.2, 0) is 98.5 Å². The molecule has 512 valence electrons. The molecule has 23 heteroatoms. The summed E-state index contributed by atoms with van der Waals surface area (Å²) in [4.78, 5) is 0. The summed E-state index contributed by atoms with van der Waals surface area (Å²) >= 11 is 0. The van der Waals surface area contributed by atoms with Crippen LogP contribution >= 0.6 is 0 Å². The lowest BCUT2D eigenvalue weighted by molar-refractivity contribution is -0.0139. The van der Waals surface area contributed by atoms with Gasteiger partial charge in [-0.2, -0.15) is 0 Å². The molecule has 4 aromatic rings. The average Bonchev–Trinajstić information content (AvgIpc) is 3.63. The van der Waals surface area contributed by atoms with E-state index in [1.54, 1.807) is 0 Å². The summed E-state index contributed by atoms with van der Waals surface area (Å²) in [5, 5.41) is 8.60. The van der Waals surface area contributed by atoms with Gasteiger partial charge in [-0.05, 0) is 66.1 Å². The highest BCUT2D eigenvalue weighted by Crippen LogP contribution is 2.19. The molecule has 0 aliphatic heterocycles. The molecule has 0 radical (unpaired) electrons. The third kappa shape index (κ3) is 52.9. The Morgan fingerprint density at radius 2 is 0.378 bits per heavy atom. The smallest absolute Gasteiger partial charge is 0.119 e. The maximum absolute atomic E-state index is 8.60. The van der Waals surface area contributed by atoms with Crippen molar-refractivity contribution >= 4 is 0 Å². The van der Waals surface area contributed by atoms with Crippen LogP contribution in [0.3, 0.4) is 0 Å². The Hall–Kier alpha value is -4.68. The lowest BCUT2D eigenvalue weighted by atomic mass is 10.2. The van der Waals surface area contributed by atoms with E-state index >= 15 is 0 Å². The fourth-order valence-electron chi connectivity index (χ4n) is 7.16. The van der Waals surface area contributed by atoms with E-state index in [0.717, 1.165) is 47.2 Å². The van der Waals surface area contributed by atoms with E-state index in [4.69, 9.17) is 109 Å². The predicted molar refractivity (Wildman–Crippen MR) is 338 cm³/mol. The summed E-state index contributed by atoms with van der Waals surface area (Å²) in [5.74, 6) is 3.01. The minimum atomic E-state index is 0.0226. The Labute approximate surface area is 535 Å². The van der Waals surface area contributed by atoms with Gasteiger partial charge in [0.25, 0.3) is 0 Å². The van der Waals surface area contributed by atoms with Crippen LogP contribution in [0.5, 0.6) is 23.0 Å². The van der Waals surface area contributed by atoms with Crippen molar-refractivity contribution in [1.82, 2.24) is 0 Å². The fourth-order valence-corrected chi connectivity index (χ4v) is 7.16. The second kappa shape index (κ2) is 64.4. The second-order valence-corrected chi connectivity index (χ2v) is 18.9. The molecule has 0 aliphatic rings. The zero-order chi connectivity index (χ0) is 63.4. The van der Waals surface area contributed by atoms with Gasteiger partial charge in [0.1, 0.15) is 49.4 Å². The van der Waals surface area contributed by atoms with Crippen molar-refractivity contribution in [2.45, 2.75) is 26.6 Å². The molecule has 0 heterocycles. The topological polar surface area (TPSA) is 223 Å². The van der Waals surface area contributed by atoms with Crippen LogP contribution in [0.15, 0.2) is 109 Å². The van der Waals surface area contributed by atoms with Gasteiger partial charge in [-0.15, -0.1) is 0 Å². The molecule has 0 atom stereocenters. The van der Waals surface area contributed by atoms with Crippen LogP contribution in [0.4, 0.5) is 0 Å². The quantitative estimate of drug-likeness (QED) is 0.0440. The first kappa shape index (κ1) is 79.6. The third-order valence-corrected chi connectivity index (χ3v) is 11.6. The summed E-state index contributed by atoms with van der Waals surface area (Å²) in [6, 6.07) is 35.1. The van der Waals surface area contributed by atoms with Crippen molar-refractivity contribution < 1.29 is 109 Å². The van der Waals surface area contributed by atoms with Crippen molar-refractivity contribution in [3.05, 3.63) is 120 Å². The molecule has 0 spiro atoms. The molecule has 0 aromatic heterocycles. The van der Waals surface area contributed by atoms with E-state index in [2.05, 4.69) is 6.92 Å². The average molecular weight is 1280 g/mol. The highest BCUT2D eigenvalue weighted by Gasteiger charge is 2.03. The Kier molecular flexibility index (Phi) is 57.0. The zero-order valence-corrected chi connectivity index (χ0v) is 53.5. The van der Waals surface area contributed by atoms with E-state index in [0.29, 0.717) is 258 Å². The van der Waals surface area contributed by atoms with E-state index in [1.807, 2.05) is 109 Å². The molecule has 1 N–H and O–H groups in total. The minimum Gasteiger partial charge on any atom is -0.491 e. The first-order chi connectivity index (χ1) is 44.8. The van der Waals surface area contributed by atoms with Crippen LogP contribution in [-0.4, -0.2) is 263 Å². The number of ether oxygens (including phenoxy) is 22. The number of aliphatic hydroxyl groups is 1. The van der Waals surface area contributed by atoms with E-state index in [1.165, 1.54) is 0 Å². The third-order valence-electron chi connectivity index (χ3n) is 11.6. The maximum atomic E-state index is 8.60. The van der Waals surface area contributed by atoms with Crippen LogP contribution in [0, 0.1) is 0 Å². The van der Waals surface area contributed by atoms with Crippen LogP contribution in [0.25, 0.3) is 0 Å². The molecular weight excluding hydrogens is 1170 g/mol. The second-order valence-electron chi connectivity index (χ2n) is 18.9. The lowest BCUT2D eigenvalue weighted by Gasteiger charge is -2.10. The largest absolute Gasteiger partial charge is 0.491 e. The Balaban J connectivity index is 0.000000470. The summed E-state index contributed by atoms with van der Waals surface area (Å²) in [6.45, 7) is 22.8. The predicted octanol–water partition coefficient (Wildman–Crippen LogP) is 6.99. The van der Waals surface area contributed by atoms with Gasteiger partial charge >= 0.3 is 0 Å². The minimum absolute atomic E-state index is 0.0226. The molecule has 0 bridgehead atoms. The van der Waals surface area contributed by atoms with Gasteiger partial charge in [-0.25, -0.2) is 0 Å². The Morgan fingerprint density at radius 3 is 0.578 bits per heavy atom. The van der Waals surface area contributed by atoms with E-state index < -0.39 is 0 Å². The highest BCUT2D eigenvalue weighted by atomic mass is 16.6. The monoisotopic (exact) mass is 1280 g/mol. The van der Waals surface area contributed by atoms with Crippen molar-refractivity contribution in [2.24, 2.45) is 0 Å². The molecular formula is C67H106O23. The van der Waals surface area contributed by atoms with E-state index in [-0.39, 0.29) is 6.61 Å². The summed E-state index contributed by atoms with van der Waals surface area (Å²) in [7, 11) is 0. The molecule has 0 unspecified atom stereocenters. The number of benzene rings is 4. The SMILES string of the molecule is CCCOCCOCCOCCOCCOc1ccc(OCCOCCOCCOCCOCCOCc2ccccc2)cc1.OCCOCCOCCOCCOCCOc1ccc(OCCOCCOCCOCCOCCOCc2ccccc2)cc1. The molecule has 23 nitrogen and oxygen atoms in total. The molecule has 0 aliphatic carbocycles. The van der Waals surface area contributed by atoms with Gasteiger partial charge in [-0.1, -0.05) is 67.6 Å². The fraction of sp³-hybridized carbons (Fsp3) is 0.642. The molecule has 90 heavy (non-hydrogen) atoms. The first-order valence-electron chi connectivity index (χ1n) is 31.6. The molecule has 0 saturated heterocycles. The lowest BCUT2D eigenvalue weighted by Crippen LogP contribution is -2.14. The van der Waals surface area contributed by atoms with Gasteiger partial charge in [0.15, 0.2) is 0 Å². The number of rotatable bonds is 66. The van der Waals surface area contributed by atoms with Gasteiger partial charge < -0.3 is 109 Å². The van der Waals surface area contributed by atoms with Crippen molar-refractivity contribution in [1.29, 1.82) is 0 Å². The highest BCUT2D eigenvalue weighted by molar-refractivity contribution is 5.32. The summed E-state index contributed by atoms with van der Waals surface area (Å²) in [6.07, 6.45) is 1.02. The molecule has 0 amide bonds. The standard InChI is InChI=1S/C34H54O11.C33H52O12/c1-2-12-35-13-14-36-15-16-38-21-23-41-27-29-44-33-8-10-34(11-9-33)45-30-28-42-24-22-39-18-17-37-19-20-40-25-26-43-31-32-6-4-3-5-7-32;34-10-11-35-12-13-36-14-15-38-20-22-41-26-28-44-32-6-8-33(9-7-32)45-29-27-42-23-21-39-17-16-37-18-19-40-24-25-43-30-31-4-2-1-3-5-31/h3-11H,2,12-31H2,1H3;1-9,34H,10-30H2. The molecule has 4 rings (SSSR count). The molecule has 0 saturated carbocycles. The number of aliphatic hydroxyl groups excluding tert-OH is 1. The number of hydrogen-bond acceptors (Lipinski definition) is 23. The van der Waals surface area contributed by atoms with Crippen molar-refractivity contribution in [2.75, 3.05) is 258 Å². The van der Waals surface area contributed by atoms with Gasteiger partial charge in [0, 0.05) is 6.61 Å². The van der Waals surface area contributed by atoms with Crippen LogP contribution in [0.1, 0.15) is 24.5 Å².